The van der Waals surface area contributed by atoms with Crippen LogP contribution in [0.2, 0.25) is 0 Å². The van der Waals surface area contributed by atoms with Crippen LogP contribution in [0.1, 0.15) is 36.7 Å². The third-order valence-electron chi connectivity index (χ3n) is 2.19. The van der Waals surface area contributed by atoms with Crippen molar-refractivity contribution in [2.75, 3.05) is 0 Å². The predicted octanol–water partition coefficient (Wildman–Crippen LogP) is 1.70. The fourth-order valence-corrected chi connectivity index (χ4v) is 1.34. The average molecular weight is 236 g/mol. The second-order valence-electron chi connectivity index (χ2n) is 4.37. The van der Waals surface area contributed by atoms with Gasteiger partial charge < -0.3 is 9.84 Å². The van der Waals surface area contributed by atoms with Crippen LogP contribution in [0.25, 0.3) is 0 Å². The molecule has 1 N–H and O–H groups in total. The van der Waals surface area contributed by atoms with Crippen molar-refractivity contribution in [2.24, 2.45) is 0 Å². The zero-order valence-electron chi connectivity index (χ0n) is 10.2. The van der Waals surface area contributed by atoms with Gasteiger partial charge in [-0.25, -0.2) is 0 Å². The third-order valence-corrected chi connectivity index (χ3v) is 2.19. The number of carbonyl (C=O) groups is 2. The van der Waals surface area contributed by atoms with Crippen molar-refractivity contribution in [1.29, 1.82) is 0 Å². The Bertz CT molecular complexity index is 429. The standard InChI is InChI=1S/C13H16O4/c1-9(14)17-8-10-5-4-6-11(7-10)12(15)13(2,3)16/h4-7,16H,8H2,1-3H3. The molecule has 0 heterocycles. The maximum absolute atomic E-state index is 11.8. The smallest absolute Gasteiger partial charge is 0.302 e. The molecular formula is C13H16O4. The molecule has 1 rings (SSSR count). The van der Waals surface area contributed by atoms with Gasteiger partial charge in [-0.05, 0) is 25.5 Å². The first-order valence-electron chi connectivity index (χ1n) is 5.30. The highest BCUT2D eigenvalue weighted by Crippen LogP contribution is 2.14. The summed E-state index contributed by atoms with van der Waals surface area (Å²) >= 11 is 0. The normalized spacial score (nSPS) is 11.1. The van der Waals surface area contributed by atoms with Crippen molar-refractivity contribution in [1.82, 2.24) is 0 Å². The van der Waals surface area contributed by atoms with Crippen LogP contribution in [0.5, 0.6) is 0 Å². The first kappa shape index (κ1) is 13.4. The first-order valence-corrected chi connectivity index (χ1v) is 5.30. The van der Waals surface area contributed by atoms with E-state index in [2.05, 4.69) is 0 Å². The number of hydrogen-bond donors (Lipinski definition) is 1. The van der Waals surface area contributed by atoms with Crippen LogP contribution in [-0.4, -0.2) is 22.5 Å². The van der Waals surface area contributed by atoms with Gasteiger partial charge in [0.2, 0.25) is 0 Å². The van der Waals surface area contributed by atoms with Crippen molar-refractivity contribution < 1.29 is 19.4 Å². The molecule has 0 aliphatic rings. The lowest BCUT2D eigenvalue weighted by molar-refractivity contribution is -0.142. The van der Waals surface area contributed by atoms with Crippen LogP contribution in [0, 0.1) is 0 Å². The predicted molar refractivity (Wildman–Crippen MR) is 62.5 cm³/mol. The maximum atomic E-state index is 11.8. The van der Waals surface area contributed by atoms with Gasteiger partial charge in [0, 0.05) is 12.5 Å². The summed E-state index contributed by atoms with van der Waals surface area (Å²) in [4.78, 5) is 22.5. The van der Waals surface area contributed by atoms with Gasteiger partial charge in [-0.1, -0.05) is 18.2 Å². The van der Waals surface area contributed by atoms with Crippen molar-refractivity contribution in [3.05, 3.63) is 35.4 Å². The lowest BCUT2D eigenvalue weighted by Gasteiger charge is -2.15. The second-order valence-corrected chi connectivity index (χ2v) is 4.37. The molecule has 92 valence electrons. The van der Waals surface area contributed by atoms with Crippen molar-refractivity contribution in [3.8, 4) is 0 Å². The fourth-order valence-electron chi connectivity index (χ4n) is 1.34. The van der Waals surface area contributed by atoms with Crippen LogP contribution in [-0.2, 0) is 16.1 Å². The van der Waals surface area contributed by atoms with E-state index in [0.717, 1.165) is 5.56 Å². The minimum Gasteiger partial charge on any atom is -0.461 e. The van der Waals surface area contributed by atoms with Gasteiger partial charge in [-0.15, -0.1) is 0 Å². The quantitative estimate of drug-likeness (QED) is 0.638. The lowest BCUT2D eigenvalue weighted by atomic mass is 9.96. The summed E-state index contributed by atoms with van der Waals surface area (Å²) in [6, 6.07) is 6.68. The zero-order valence-corrected chi connectivity index (χ0v) is 10.2. The van der Waals surface area contributed by atoms with E-state index < -0.39 is 5.60 Å². The molecule has 4 heteroatoms. The maximum Gasteiger partial charge on any atom is 0.302 e. The highest BCUT2D eigenvalue weighted by Gasteiger charge is 2.25. The van der Waals surface area contributed by atoms with Crippen LogP contribution in [0.3, 0.4) is 0 Å². The molecule has 0 atom stereocenters. The summed E-state index contributed by atoms with van der Waals surface area (Å²) in [5.74, 6) is -0.730. The number of Topliss-reactive ketones (excluding diaryl/α,β-unsaturated/α-hetero) is 1. The van der Waals surface area contributed by atoms with Crippen molar-refractivity contribution >= 4 is 11.8 Å². The molecule has 0 saturated carbocycles. The summed E-state index contributed by atoms with van der Waals surface area (Å²) in [5.41, 5.74) is -0.280. The number of benzene rings is 1. The van der Waals surface area contributed by atoms with Crippen LogP contribution >= 0.6 is 0 Å². The summed E-state index contributed by atoms with van der Waals surface area (Å²) < 4.78 is 4.84. The summed E-state index contributed by atoms with van der Waals surface area (Å²) in [7, 11) is 0. The number of aliphatic hydroxyl groups is 1. The van der Waals surface area contributed by atoms with E-state index in [1.54, 1.807) is 24.3 Å². The molecule has 0 radical (unpaired) electrons. The number of esters is 1. The van der Waals surface area contributed by atoms with Crippen molar-refractivity contribution in [3.63, 3.8) is 0 Å². The number of ketones is 1. The molecule has 0 aliphatic heterocycles. The largest absolute Gasteiger partial charge is 0.461 e. The molecule has 1 aromatic carbocycles. The SMILES string of the molecule is CC(=O)OCc1cccc(C(=O)C(C)(C)O)c1. The third kappa shape index (κ3) is 4.00. The lowest BCUT2D eigenvalue weighted by Crippen LogP contribution is -2.31. The summed E-state index contributed by atoms with van der Waals surface area (Å²) in [6.07, 6.45) is 0. The molecule has 4 nitrogen and oxygen atoms in total. The Morgan fingerprint density at radius 1 is 1.35 bits per heavy atom. The Morgan fingerprint density at radius 3 is 2.53 bits per heavy atom. The molecule has 0 fully saturated rings. The number of rotatable bonds is 4. The van der Waals surface area contributed by atoms with E-state index in [4.69, 9.17) is 4.74 Å². The van der Waals surface area contributed by atoms with Crippen molar-refractivity contribution in [2.45, 2.75) is 33.0 Å². The molecule has 0 amide bonds. The van der Waals surface area contributed by atoms with Gasteiger partial charge >= 0.3 is 5.97 Å². The van der Waals surface area contributed by atoms with Crippen LogP contribution < -0.4 is 0 Å². The molecule has 0 bridgehead atoms. The number of hydrogen-bond acceptors (Lipinski definition) is 4. The van der Waals surface area contributed by atoms with Gasteiger partial charge in [-0.2, -0.15) is 0 Å². The molecule has 0 spiro atoms. The molecular weight excluding hydrogens is 220 g/mol. The summed E-state index contributed by atoms with van der Waals surface area (Å²) in [5, 5.41) is 9.61. The molecule has 0 aliphatic carbocycles. The minimum absolute atomic E-state index is 0.127. The van der Waals surface area contributed by atoms with E-state index in [0.29, 0.717) is 5.56 Å². The Kier molecular flexibility index (Phi) is 4.02. The topological polar surface area (TPSA) is 63.6 Å². The zero-order chi connectivity index (χ0) is 13.1. The van der Waals surface area contributed by atoms with Crippen LogP contribution in [0.4, 0.5) is 0 Å². The summed E-state index contributed by atoms with van der Waals surface area (Å²) in [6.45, 7) is 4.33. The Hall–Kier alpha value is -1.68. The fraction of sp³-hybridized carbons (Fsp3) is 0.385. The average Bonchev–Trinajstić information content (AvgIpc) is 2.24. The molecule has 0 unspecified atom stereocenters. The molecule has 0 saturated heterocycles. The van der Waals surface area contributed by atoms with Gasteiger partial charge in [0.1, 0.15) is 12.2 Å². The highest BCUT2D eigenvalue weighted by molar-refractivity contribution is 6.01. The van der Waals surface area contributed by atoms with E-state index in [9.17, 15) is 14.7 Å². The van der Waals surface area contributed by atoms with Crippen LogP contribution in [0.15, 0.2) is 24.3 Å². The van der Waals surface area contributed by atoms with Gasteiger partial charge in [0.25, 0.3) is 0 Å². The Morgan fingerprint density at radius 2 is 2.00 bits per heavy atom. The number of ether oxygens (including phenoxy) is 1. The second kappa shape index (κ2) is 5.10. The van der Waals surface area contributed by atoms with Gasteiger partial charge in [0.05, 0.1) is 0 Å². The first-order chi connectivity index (χ1) is 7.80. The molecule has 1 aromatic rings. The van der Waals surface area contributed by atoms with E-state index in [1.807, 2.05) is 0 Å². The molecule has 0 aromatic heterocycles. The van der Waals surface area contributed by atoms with E-state index >= 15 is 0 Å². The van der Waals surface area contributed by atoms with E-state index in [1.165, 1.54) is 20.8 Å². The van der Waals surface area contributed by atoms with Gasteiger partial charge in [0.15, 0.2) is 5.78 Å². The van der Waals surface area contributed by atoms with Gasteiger partial charge in [-0.3, -0.25) is 9.59 Å². The van der Waals surface area contributed by atoms with E-state index in [-0.39, 0.29) is 18.4 Å². The number of carbonyl (C=O) groups excluding carboxylic acids is 2. The Labute approximate surface area is 100 Å². The highest BCUT2D eigenvalue weighted by atomic mass is 16.5. The monoisotopic (exact) mass is 236 g/mol. The minimum atomic E-state index is -1.40. The Balaban J connectivity index is 2.86. The molecule has 17 heavy (non-hydrogen) atoms.